The van der Waals surface area contributed by atoms with Crippen molar-refractivity contribution in [1.29, 1.82) is 0 Å². The van der Waals surface area contributed by atoms with Crippen molar-refractivity contribution < 1.29 is 0 Å². The number of rotatable bonds is 5. The van der Waals surface area contributed by atoms with E-state index in [2.05, 4.69) is 63.3 Å². The van der Waals surface area contributed by atoms with Crippen LogP contribution in [0.4, 0.5) is 0 Å². The normalized spacial score (nSPS) is 26.8. The predicted octanol–water partition coefficient (Wildman–Crippen LogP) is 5.23. The molecule has 0 aromatic heterocycles. The van der Waals surface area contributed by atoms with Crippen LogP contribution in [-0.2, 0) is 0 Å². The molecule has 1 aliphatic carbocycles. The van der Waals surface area contributed by atoms with Crippen molar-refractivity contribution in [3.05, 3.63) is 35.9 Å². The van der Waals surface area contributed by atoms with Gasteiger partial charge in [-0.1, -0.05) is 58.0 Å². The Hall–Kier alpha value is -0.820. The summed E-state index contributed by atoms with van der Waals surface area (Å²) in [7, 11) is 0. The fraction of sp³-hybridized carbons (Fsp3) is 0.700. The van der Waals surface area contributed by atoms with Crippen molar-refractivity contribution in [3.8, 4) is 0 Å². The van der Waals surface area contributed by atoms with Crippen LogP contribution in [0.3, 0.4) is 0 Å². The number of hydrogen-bond donors (Lipinski definition) is 1. The minimum absolute atomic E-state index is 0.439. The van der Waals surface area contributed by atoms with Crippen LogP contribution >= 0.6 is 0 Å². The lowest BCUT2D eigenvalue weighted by atomic mass is 9.64. The summed E-state index contributed by atoms with van der Waals surface area (Å²) in [6.45, 7) is 11.8. The van der Waals surface area contributed by atoms with E-state index in [0.29, 0.717) is 5.41 Å². The highest BCUT2D eigenvalue weighted by Gasteiger charge is 2.36. The molecule has 1 N–H and O–H groups in total. The van der Waals surface area contributed by atoms with E-state index in [1.807, 2.05) is 0 Å². The fourth-order valence-electron chi connectivity index (χ4n) is 3.84. The van der Waals surface area contributed by atoms with E-state index in [4.69, 9.17) is 0 Å². The van der Waals surface area contributed by atoms with Crippen LogP contribution in [0.5, 0.6) is 0 Å². The van der Waals surface area contributed by atoms with E-state index in [9.17, 15) is 0 Å². The second-order valence-corrected chi connectivity index (χ2v) is 7.86. The fourth-order valence-corrected chi connectivity index (χ4v) is 3.84. The molecular formula is C20H33N. The van der Waals surface area contributed by atoms with E-state index >= 15 is 0 Å². The second-order valence-electron chi connectivity index (χ2n) is 7.86. The quantitative estimate of drug-likeness (QED) is 0.731. The molecule has 1 fully saturated rings. The number of benzene rings is 1. The van der Waals surface area contributed by atoms with Gasteiger partial charge in [-0.15, -0.1) is 0 Å². The Morgan fingerprint density at radius 3 is 2.43 bits per heavy atom. The molecule has 0 aliphatic heterocycles. The molecule has 118 valence electrons. The first-order valence-corrected chi connectivity index (χ1v) is 8.78. The summed E-state index contributed by atoms with van der Waals surface area (Å²) in [5, 5.41) is 3.66. The first-order valence-electron chi connectivity index (χ1n) is 8.78. The zero-order valence-electron chi connectivity index (χ0n) is 14.4. The highest BCUT2D eigenvalue weighted by atomic mass is 14.9. The van der Waals surface area contributed by atoms with Crippen molar-refractivity contribution in [3.63, 3.8) is 0 Å². The topological polar surface area (TPSA) is 12.0 Å². The highest BCUT2D eigenvalue weighted by Crippen LogP contribution is 2.46. The molecule has 1 heteroatoms. The zero-order valence-corrected chi connectivity index (χ0v) is 14.4. The summed E-state index contributed by atoms with van der Waals surface area (Å²) in [5.74, 6) is 2.39. The highest BCUT2D eigenvalue weighted by molar-refractivity contribution is 5.21. The van der Waals surface area contributed by atoms with Crippen LogP contribution < -0.4 is 5.32 Å². The Morgan fingerprint density at radius 2 is 1.81 bits per heavy atom. The smallest absolute Gasteiger partial charge is 0.00147 e. The summed E-state index contributed by atoms with van der Waals surface area (Å²) >= 11 is 0. The van der Waals surface area contributed by atoms with Gasteiger partial charge in [-0.3, -0.25) is 0 Å². The molecule has 3 atom stereocenters. The van der Waals surface area contributed by atoms with Crippen molar-refractivity contribution in [2.24, 2.45) is 17.3 Å². The van der Waals surface area contributed by atoms with Gasteiger partial charge in [0.2, 0.25) is 0 Å². The van der Waals surface area contributed by atoms with Gasteiger partial charge >= 0.3 is 0 Å². The molecule has 2 rings (SSSR count). The molecule has 3 unspecified atom stereocenters. The van der Waals surface area contributed by atoms with E-state index in [-0.39, 0.29) is 0 Å². The van der Waals surface area contributed by atoms with Crippen molar-refractivity contribution in [1.82, 2.24) is 5.32 Å². The number of hydrogen-bond acceptors (Lipinski definition) is 1. The molecule has 1 aliphatic rings. The summed E-state index contributed by atoms with van der Waals surface area (Å²) in [5.41, 5.74) is 1.99. The molecule has 1 saturated carbocycles. The Labute approximate surface area is 131 Å². The van der Waals surface area contributed by atoms with E-state index in [0.717, 1.165) is 24.3 Å². The average molecular weight is 287 g/mol. The summed E-state index contributed by atoms with van der Waals surface area (Å²) < 4.78 is 0. The van der Waals surface area contributed by atoms with Gasteiger partial charge in [0.25, 0.3) is 0 Å². The van der Waals surface area contributed by atoms with E-state index < -0.39 is 0 Å². The Bertz CT molecular complexity index is 404. The molecule has 0 heterocycles. The van der Waals surface area contributed by atoms with E-state index in [1.54, 1.807) is 5.56 Å². The molecule has 21 heavy (non-hydrogen) atoms. The Morgan fingerprint density at radius 1 is 1.10 bits per heavy atom. The Kier molecular flexibility index (Phi) is 5.87. The summed E-state index contributed by atoms with van der Waals surface area (Å²) in [6, 6.07) is 11.2. The van der Waals surface area contributed by atoms with Gasteiger partial charge in [-0.25, -0.2) is 0 Å². The summed E-state index contributed by atoms with van der Waals surface area (Å²) in [4.78, 5) is 0. The van der Waals surface area contributed by atoms with Gasteiger partial charge in [0, 0.05) is 0 Å². The van der Waals surface area contributed by atoms with Crippen LogP contribution in [0.1, 0.15) is 64.9 Å². The lowest BCUT2D eigenvalue weighted by Crippen LogP contribution is -2.35. The Balaban J connectivity index is 2.10. The maximum atomic E-state index is 3.66. The van der Waals surface area contributed by atoms with Crippen LogP contribution in [0.15, 0.2) is 30.3 Å². The third-order valence-electron chi connectivity index (χ3n) is 5.28. The molecule has 0 bridgehead atoms. The predicted molar refractivity (Wildman–Crippen MR) is 92.6 cm³/mol. The third-order valence-corrected chi connectivity index (χ3v) is 5.28. The van der Waals surface area contributed by atoms with Gasteiger partial charge < -0.3 is 5.32 Å². The first kappa shape index (κ1) is 16.5. The van der Waals surface area contributed by atoms with Gasteiger partial charge in [-0.05, 0) is 67.5 Å². The first-order chi connectivity index (χ1) is 10.0. The SMILES string of the molecule is CCCNCC1CCC(C(C)(C)C)CC1c1ccccc1. The van der Waals surface area contributed by atoms with Crippen LogP contribution in [-0.4, -0.2) is 13.1 Å². The van der Waals surface area contributed by atoms with Gasteiger partial charge in [0.05, 0.1) is 0 Å². The van der Waals surface area contributed by atoms with E-state index in [1.165, 1.54) is 32.2 Å². The van der Waals surface area contributed by atoms with Crippen LogP contribution in [0.2, 0.25) is 0 Å². The molecule has 0 radical (unpaired) electrons. The largest absolute Gasteiger partial charge is 0.316 e. The molecule has 0 saturated heterocycles. The molecule has 0 amide bonds. The second kappa shape index (κ2) is 7.45. The van der Waals surface area contributed by atoms with Gasteiger partial charge in [-0.2, -0.15) is 0 Å². The number of nitrogens with one attached hydrogen (secondary N) is 1. The molecule has 1 aromatic carbocycles. The minimum Gasteiger partial charge on any atom is -0.316 e. The minimum atomic E-state index is 0.439. The average Bonchev–Trinajstić information content (AvgIpc) is 2.47. The van der Waals surface area contributed by atoms with Crippen molar-refractivity contribution in [2.45, 2.75) is 59.3 Å². The summed E-state index contributed by atoms with van der Waals surface area (Å²) in [6.07, 6.45) is 5.35. The standard InChI is InChI=1S/C20H33N/c1-5-13-21-15-17-11-12-18(20(2,3)4)14-19(17)16-9-7-6-8-10-16/h6-10,17-19,21H,5,11-15H2,1-4H3. The third kappa shape index (κ3) is 4.57. The maximum absolute atomic E-state index is 3.66. The molecular weight excluding hydrogens is 254 g/mol. The van der Waals surface area contributed by atoms with Crippen molar-refractivity contribution in [2.75, 3.05) is 13.1 Å². The van der Waals surface area contributed by atoms with Crippen LogP contribution in [0, 0.1) is 17.3 Å². The van der Waals surface area contributed by atoms with Gasteiger partial charge in [0.15, 0.2) is 0 Å². The monoisotopic (exact) mass is 287 g/mol. The van der Waals surface area contributed by atoms with Crippen molar-refractivity contribution >= 4 is 0 Å². The molecule has 1 aromatic rings. The maximum Gasteiger partial charge on any atom is -0.00147 e. The van der Waals surface area contributed by atoms with Crippen LogP contribution in [0.25, 0.3) is 0 Å². The lowest BCUT2D eigenvalue weighted by molar-refractivity contribution is 0.129. The molecule has 1 nitrogen and oxygen atoms in total. The lowest BCUT2D eigenvalue weighted by Gasteiger charge is -2.42. The zero-order chi connectivity index (χ0) is 15.3. The van der Waals surface area contributed by atoms with Gasteiger partial charge in [0.1, 0.15) is 0 Å². The molecule has 0 spiro atoms.